The van der Waals surface area contributed by atoms with Gasteiger partial charge in [0.25, 0.3) is 0 Å². The number of aromatic nitrogens is 4. The van der Waals surface area contributed by atoms with Gasteiger partial charge in [0.05, 0.1) is 18.2 Å². The van der Waals surface area contributed by atoms with Gasteiger partial charge < -0.3 is 23.8 Å². The highest BCUT2D eigenvalue weighted by Crippen LogP contribution is 2.39. The third kappa shape index (κ3) is 4.77. The van der Waals surface area contributed by atoms with Crippen LogP contribution in [0.5, 0.6) is 5.75 Å². The summed E-state index contributed by atoms with van der Waals surface area (Å²) < 4.78 is 51.2. The molecule has 8 nitrogen and oxygen atoms in total. The summed E-state index contributed by atoms with van der Waals surface area (Å²) in [5, 5.41) is 0. The first-order chi connectivity index (χ1) is 15.8. The molecular weight excluding hydrogens is 473 g/mol. The Morgan fingerprint density at radius 1 is 1.06 bits per heavy atom. The lowest BCUT2D eigenvalue weighted by atomic mass is 10.1. The van der Waals surface area contributed by atoms with Crippen LogP contribution >= 0.6 is 12.4 Å². The number of anilines is 1. The van der Waals surface area contributed by atoms with E-state index >= 15 is 0 Å². The number of para-hydroxylation sites is 1. The lowest BCUT2D eigenvalue weighted by molar-refractivity contribution is -0.274. The number of hydrogen-bond acceptors (Lipinski definition) is 7. The number of imidazole rings is 1. The van der Waals surface area contributed by atoms with Crippen LogP contribution in [0.4, 0.5) is 19.0 Å². The van der Waals surface area contributed by atoms with Crippen LogP contribution in [0.25, 0.3) is 22.6 Å². The first kappa shape index (κ1) is 24.5. The molecule has 0 radical (unpaired) electrons. The highest BCUT2D eigenvalue weighted by molar-refractivity contribution is 5.88. The van der Waals surface area contributed by atoms with Crippen molar-refractivity contribution in [2.45, 2.75) is 25.7 Å². The zero-order chi connectivity index (χ0) is 23.2. The molecule has 0 amide bonds. The number of piperazine rings is 1. The zero-order valence-electron chi connectivity index (χ0n) is 18.9. The molecule has 2 fully saturated rings. The van der Waals surface area contributed by atoms with Crippen LogP contribution in [0.15, 0.2) is 24.3 Å². The second-order valence-electron chi connectivity index (χ2n) is 8.42. The second-order valence-corrected chi connectivity index (χ2v) is 8.42. The fourth-order valence-corrected chi connectivity index (χ4v) is 4.43. The smallest absolute Gasteiger partial charge is 0.405 e. The van der Waals surface area contributed by atoms with E-state index in [9.17, 15) is 13.2 Å². The fraction of sp³-hybridized carbons (Fsp3) is 0.500. The van der Waals surface area contributed by atoms with Crippen molar-refractivity contribution < 1.29 is 22.6 Å². The minimum atomic E-state index is -4.81. The molecule has 0 spiro atoms. The Hall–Kier alpha value is -2.63. The molecule has 1 atom stereocenters. The van der Waals surface area contributed by atoms with Crippen LogP contribution in [0.1, 0.15) is 18.3 Å². The van der Waals surface area contributed by atoms with Crippen molar-refractivity contribution in [3.05, 3.63) is 30.1 Å². The van der Waals surface area contributed by atoms with Crippen molar-refractivity contribution >= 4 is 29.4 Å². The van der Waals surface area contributed by atoms with E-state index in [1.165, 1.54) is 12.1 Å². The van der Waals surface area contributed by atoms with Gasteiger partial charge in [-0.1, -0.05) is 12.1 Å². The highest BCUT2D eigenvalue weighted by Gasteiger charge is 2.34. The number of fused-ring (bicyclic) bond motifs is 1. The molecule has 12 heteroatoms. The fourth-order valence-electron chi connectivity index (χ4n) is 4.43. The summed E-state index contributed by atoms with van der Waals surface area (Å²) in [5.74, 6) is 1.36. The van der Waals surface area contributed by atoms with Crippen molar-refractivity contribution in [3.63, 3.8) is 0 Å². The molecule has 2 aromatic heterocycles. The number of benzene rings is 1. The number of alkyl halides is 3. The molecule has 2 aliphatic rings. The third-order valence-corrected chi connectivity index (χ3v) is 6.06. The van der Waals surface area contributed by atoms with Crippen molar-refractivity contribution in [2.24, 2.45) is 0 Å². The van der Waals surface area contributed by atoms with Crippen molar-refractivity contribution in [2.75, 3.05) is 51.3 Å². The van der Waals surface area contributed by atoms with Crippen LogP contribution in [0.3, 0.4) is 0 Å². The van der Waals surface area contributed by atoms with Gasteiger partial charge in [-0.2, -0.15) is 0 Å². The topological polar surface area (TPSA) is 68.5 Å². The Morgan fingerprint density at radius 3 is 2.47 bits per heavy atom. The van der Waals surface area contributed by atoms with Gasteiger partial charge in [-0.15, -0.1) is 25.6 Å². The van der Waals surface area contributed by atoms with E-state index in [4.69, 9.17) is 9.72 Å². The minimum absolute atomic E-state index is 0. The maximum Gasteiger partial charge on any atom is 0.573 e. The zero-order valence-corrected chi connectivity index (χ0v) is 19.7. The highest BCUT2D eigenvalue weighted by atomic mass is 35.5. The van der Waals surface area contributed by atoms with Gasteiger partial charge in [-0.25, -0.2) is 15.0 Å². The van der Waals surface area contributed by atoms with Crippen molar-refractivity contribution in [3.8, 4) is 17.1 Å². The van der Waals surface area contributed by atoms with Gasteiger partial charge in [0.15, 0.2) is 17.0 Å². The number of hydrogen-bond donors (Lipinski definition) is 0. The van der Waals surface area contributed by atoms with Gasteiger partial charge in [0, 0.05) is 32.8 Å². The van der Waals surface area contributed by atoms with E-state index in [0.717, 1.165) is 26.2 Å². The summed E-state index contributed by atoms with van der Waals surface area (Å²) in [6, 6.07) is 5.97. The van der Waals surface area contributed by atoms with Crippen LogP contribution < -0.4 is 9.64 Å². The summed E-state index contributed by atoms with van der Waals surface area (Å²) in [5.41, 5.74) is 1.43. The molecule has 0 bridgehead atoms. The molecule has 34 heavy (non-hydrogen) atoms. The summed E-state index contributed by atoms with van der Waals surface area (Å²) in [4.78, 5) is 18.6. The molecule has 2 saturated heterocycles. The normalized spacial score (nSPS) is 19.4. The molecule has 5 rings (SSSR count). The van der Waals surface area contributed by atoms with Gasteiger partial charge in [-0.3, -0.25) is 0 Å². The predicted molar refractivity (Wildman–Crippen MR) is 124 cm³/mol. The Morgan fingerprint density at radius 2 is 1.79 bits per heavy atom. The molecule has 0 aliphatic carbocycles. The first-order valence-electron chi connectivity index (χ1n) is 10.9. The maximum absolute atomic E-state index is 13.1. The van der Waals surface area contributed by atoms with Gasteiger partial charge in [-0.05, 0) is 32.5 Å². The summed E-state index contributed by atoms with van der Waals surface area (Å²) >= 11 is 0. The molecule has 2 aliphatic heterocycles. The Kier molecular flexibility index (Phi) is 6.88. The van der Waals surface area contributed by atoms with Crippen LogP contribution in [-0.2, 0) is 4.74 Å². The number of ether oxygens (including phenoxy) is 2. The number of nitrogens with zero attached hydrogens (tertiary/aromatic N) is 6. The summed E-state index contributed by atoms with van der Waals surface area (Å²) in [6.07, 6.45) is -4.10. The standard InChI is InChI=1S/C22H25F3N6O2.ClH/c1-14-26-20(30-10-8-29(2)9-11-30)18-21(27-14)31(15-7-12-32-13-15)19(28-18)16-5-3-4-6-17(16)33-22(23,24)25;/h3-6,15H,7-13H2,1-2H3;1H. The minimum Gasteiger partial charge on any atom is -0.405 e. The SMILES string of the molecule is Cc1nc(N2CCN(C)CC2)c2nc(-c3ccccc3OC(F)(F)F)n(C3CCOC3)c2n1.Cl. The molecule has 0 saturated carbocycles. The summed E-state index contributed by atoms with van der Waals surface area (Å²) in [7, 11) is 2.07. The van der Waals surface area contributed by atoms with E-state index in [1.807, 2.05) is 11.5 Å². The Labute approximate surface area is 201 Å². The quantitative estimate of drug-likeness (QED) is 0.541. The molecule has 1 aromatic carbocycles. The lowest BCUT2D eigenvalue weighted by Crippen LogP contribution is -2.45. The Bertz CT molecular complexity index is 1160. The largest absolute Gasteiger partial charge is 0.573 e. The molecular formula is C22H26ClF3N6O2. The van der Waals surface area contributed by atoms with Gasteiger partial charge in [0.2, 0.25) is 0 Å². The molecule has 3 aromatic rings. The number of rotatable bonds is 4. The van der Waals surface area contributed by atoms with Crippen LogP contribution in [0.2, 0.25) is 0 Å². The molecule has 1 unspecified atom stereocenters. The van der Waals surface area contributed by atoms with E-state index in [2.05, 4.69) is 31.6 Å². The molecule has 184 valence electrons. The number of likely N-dealkylation sites (N-methyl/N-ethyl adjacent to an activating group) is 1. The van der Waals surface area contributed by atoms with E-state index in [1.54, 1.807) is 12.1 Å². The second kappa shape index (κ2) is 9.55. The predicted octanol–water partition coefficient (Wildman–Crippen LogP) is 3.84. The van der Waals surface area contributed by atoms with E-state index in [-0.39, 0.29) is 29.8 Å². The average Bonchev–Trinajstić information content (AvgIpc) is 3.40. The first-order valence-corrected chi connectivity index (χ1v) is 10.9. The monoisotopic (exact) mass is 498 g/mol. The summed E-state index contributed by atoms with van der Waals surface area (Å²) in [6.45, 7) is 6.16. The number of aryl methyl sites for hydroxylation is 1. The lowest BCUT2D eigenvalue weighted by Gasteiger charge is -2.33. The third-order valence-electron chi connectivity index (χ3n) is 6.06. The van der Waals surface area contributed by atoms with Crippen molar-refractivity contribution in [1.29, 1.82) is 0 Å². The van der Waals surface area contributed by atoms with Crippen LogP contribution in [0, 0.1) is 6.92 Å². The maximum atomic E-state index is 13.1. The van der Waals surface area contributed by atoms with Crippen LogP contribution in [-0.4, -0.2) is 77.2 Å². The Balaban J connectivity index is 0.00000274. The van der Waals surface area contributed by atoms with Gasteiger partial charge in [0.1, 0.15) is 17.4 Å². The van der Waals surface area contributed by atoms with Gasteiger partial charge >= 0.3 is 6.36 Å². The number of halogens is 4. The van der Waals surface area contributed by atoms with E-state index < -0.39 is 6.36 Å². The molecule has 0 N–H and O–H groups in total. The van der Waals surface area contributed by atoms with Crippen molar-refractivity contribution in [1.82, 2.24) is 24.4 Å². The molecule has 4 heterocycles. The average molecular weight is 499 g/mol. The van der Waals surface area contributed by atoms with E-state index in [0.29, 0.717) is 48.3 Å².